The van der Waals surface area contributed by atoms with Crippen molar-refractivity contribution < 1.29 is 9.90 Å². The first-order valence-electron chi connectivity index (χ1n) is 5.98. The molecule has 0 aliphatic heterocycles. The van der Waals surface area contributed by atoms with Crippen LogP contribution in [0.1, 0.15) is 17.2 Å². The predicted molar refractivity (Wildman–Crippen MR) is 81.3 cm³/mol. The van der Waals surface area contributed by atoms with Crippen LogP contribution in [0.5, 0.6) is 0 Å². The monoisotopic (exact) mass is 332 g/mol. The second kappa shape index (κ2) is 6.98. The number of aliphatic hydroxyl groups excluding tert-OH is 1. The highest BCUT2D eigenvalue weighted by Gasteiger charge is 2.15. The Morgan fingerprint density at radius 3 is 2.65 bits per heavy atom. The molecule has 0 spiro atoms. The van der Waals surface area contributed by atoms with Gasteiger partial charge in [0.15, 0.2) is 6.10 Å². The Morgan fingerprint density at radius 2 is 1.95 bits per heavy atom. The number of carbonyl (C=O) groups is 1. The standard InChI is InChI=1S/C15H13BrN2O2/c16-13-8-4-5-11(9-13)10-17-18-15(20)14(19)12-6-2-1-3-7-12/h1-10,14,19H,(H,18,20)/t14-/m0/s1. The summed E-state index contributed by atoms with van der Waals surface area (Å²) in [6, 6.07) is 16.2. The van der Waals surface area contributed by atoms with Crippen LogP contribution >= 0.6 is 15.9 Å². The summed E-state index contributed by atoms with van der Waals surface area (Å²) in [5.74, 6) is -0.567. The third-order valence-corrected chi connectivity index (χ3v) is 3.09. The van der Waals surface area contributed by atoms with Crippen molar-refractivity contribution in [2.24, 2.45) is 5.10 Å². The molecule has 1 atom stereocenters. The number of rotatable bonds is 4. The topological polar surface area (TPSA) is 61.7 Å². The van der Waals surface area contributed by atoms with Crippen molar-refractivity contribution in [1.82, 2.24) is 5.43 Å². The van der Waals surface area contributed by atoms with Gasteiger partial charge in [-0.25, -0.2) is 5.43 Å². The van der Waals surface area contributed by atoms with Crippen LogP contribution in [0.2, 0.25) is 0 Å². The maximum absolute atomic E-state index is 11.7. The Hall–Kier alpha value is -1.98. The number of hydrazone groups is 1. The fourth-order valence-corrected chi connectivity index (χ4v) is 2.02. The van der Waals surface area contributed by atoms with Gasteiger partial charge in [-0.15, -0.1) is 0 Å². The summed E-state index contributed by atoms with van der Waals surface area (Å²) in [6.07, 6.45) is 0.288. The second-order valence-electron chi connectivity index (χ2n) is 4.10. The quantitative estimate of drug-likeness (QED) is 0.667. The summed E-state index contributed by atoms with van der Waals surface area (Å²) < 4.78 is 0.928. The molecule has 2 aromatic rings. The first-order valence-corrected chi connectivity index (χ1v) is 6.77. The van der Waals surface area contributed by atoms with E-state index in [0.717, 1.165) is 10.0 Å². The van der Waals surface area contributed by atoms with Gasteiger partial charge in [0.05, 0.1) is 6.21 Å². The van der Waals surface area contributed by atoms with Gasteiger partial charge in [0.25, 0.3) is 5.91 Å². The molecule has 2 rings (SSSR count). The summed E-state index contributed by atoms with van der Waals surface area (Å²) in [7, 11) is 0. The van der Waals surface area contributed by atoms with E-state index in [0.29, 0.717) is 5.56 Å². The van der Waals surface area contributed by atoms with Gasteiger partial charge < -0.3 is 5.11 Å². The number of halogens is 1. The molecule has 0 fully saturated rings. The predicted octanol–water partition coefficient (Wildman–Crippen LogP) is 2.63. The lowest BCUT2D eigenvalue weighted by molar-refractivity contribution is -0.129. The molecule has 0 bridgehead atoms. The highest BCUT2D eigenvalue weighted by Crippen LogP contribution is 2.12. The lowest BCUT2D eigenvalue weighted by Crippen LogP contribution is -2.25. The Kier molecular flexibility index (Phi) is 5.03. The number of hydrogen-bond donors (Lipinski definition) is 2. The minimum Gasteiger partial charge on any atom is -0.378 e. The second-order valence-corrected chi connectivity index (χ2v) is 5.02. The smallest absolute Gasteiger partial charge is 0.273 e. The van der Waals surface area contributed by atoms with E-state index in [4.69, 9.17) is 0 Å². The molecular formula is C15H13BrN2O2. The molecule has 1 amide bonds. The Labute approximate surface area is 125 Å². The van der Waals surface area contributed by atoms with E-state index in [-0.39, 0.29) is 0 Å². The van der Waals surface area contributed by atoms with E-state index in [1.165, 1.54) is 6.21 Å². The summed E-state index contributed by atoms with van der Waals surface area (Å²) in [6.45, 7) is 0. The number of aliphatic hydroxyl groups is 1. The van der Waals surface area contributed by atoms with Crippen LogP contribution in [0.3, 0.4) is 0 Å². The molecular weight excluding hydrogens is 320 g/mol. The van der Waals surface area contributed by atoms with Crippen molar-refractivity contribution in [2.45, 2.75) is 6.10 Å². The first-order chi connectivity index (χ1) is 9.66. The number of benzene rings is 2. The molecule has 0 saturated carbocycles. The molecule has 0 aliphatic carbocycles. The van der Waals surface area contributed by atoms with Gasteiger partial charge in [-0.3, -0.25) is 4.79 Å². The van der Waals surface area contributed by atoms with Crippen LogP contribution in [-0.2, 0) is 4.79 Å². The van der Waals surface area contributed by atoms with Crippen LogP contribution in [0.15, 0.2) is 64.2 Å². The van der Waals surface area contributed by atoms with E-state index in [1.807, 2.05) is 30.3 Å². The van der Waals surface area contributed by atoms with Crippen molar-refractivity contribution in [2.75, 3.05) is 0 Å². The van der Waals surface area contributed by atoms with Gasteiger partial charge in [-0.2, -0.15) is 5.10 Å². The molecule has 20 heavy (non-hydrogen) atoms. The van der Waals surface area contributed by atoms with Crippen molar-refractivity contribution >= 4 is 28.1 Å². The van der Waals surface area contributed by atoms with Crippen molar-refractivity contribution in [1.29, 1.82) is 0 Å². The van der Waals surface area contributed by atoms with Crippen LogP contribution < -0.4 is 5.43 Å². The molecule has 0 aliphatic rings. The van der Waals surface area contributed by atoms with E-state index < -0.39 is 12.0 Å². The summed E-state index contributed by atoms with van der Waals surface area (Å²) in [4.78, 5) is 11.7. The number of carbonyl (C=O) groups excluding carboxylic acids is 1. The molecule has 0 radical (unpaired) electrons. The summed E-state index contributed by atoms with van der Waals surface area (Å²) >= 11 is 3.35. The SMILES string of the molecule is O=C(NN=Cc1cccc(Br)c1)[C@@H](O)c1ccccc1. The molecule has 0 aromatic heterocycles. The van der Waals surface area contributed by atoms with Gasteiger partial charge in [-0.1, -0.05) is 58.4 Å². The zero-order chi connectivity index (χ0) is 14.4. The van der Waals surface area contributed by atoms with Gasteiger partial charge >= 0.3 is 0 Å². The van der Waals surface area contributed by atoms with Crippen LogP contribution in [0.4, 0.5) is 0 Å². The van der Waals surface area contributed by atoms with Crippen molar-refractivity contribution in [3.05, 3.63) is 70.2 Å². The summed E-state index contributed by atoms with van der Waals surface area (Å²) in [5.41, 5.74) is 3.69. The molecule has 4 nitrogen and oxygen atoms in total. The fraction of sp³-hybridized carbons (Fsp3) is 0.0667. The van der Waals surface area contributed by atoms with Crippen molar-refractivity contribution in [3.63, 3.8) is 0 Å². The highest BCUT2D eigenvalue weighted by molar-refractivity contribution is 9.10. The average molecular weight is 333 g/mol. The Bertz CT molecular complexity index is 614. The maximum Gasteiger partial charge on any atom is 0.273 e. The lowest BCUT2D eigenvalue weighted by atomic mass is 10.1. The van der Waals surface area contributed by atoms with Gasteiger partial charge in [0.2, 0.25) is 0 Å². The number of amides is 1. The van der Waals surface area contributed by atoms with Gasteiger partial charge in [0, 0.05) is 4.47 Å². The van der Waals surface area contributed by atoms with E-state index in [2.05, 4.69) is 26.5 Å². The molecule has 5 heteroatoms. The van der Waals surface area contributed by atoms with Crippen LogP contribution in [0, 0.1) is 0 Å². The first kappa shape index (κ1) is 14.4. The molecule has 0 unspecified atom stereocenters. The average Bonchev–Trinajstić information content (AvgIpc) is 2.47. The highest BCUT2D eigenvalue weighted by atomic mass is 79.9. The van der Waals surface area contributed by atoms with Crippen LogP contribution in [-0.4, -0.2) is 17.2 Å². The van der Waals surface area contributed by atoms with Gasteiger partial charge in [-0.05, 0) is 23.3 Å². The lowest BCUT2D eigenvalue weighted by Gasteiger charge is -2.08. The zero-order valence-electron chi connectivity index (χ0n) is 10.5. The fourth-order valence-electron chi connectivity index (χ4n) is 1.61. The Morgan fingerprint density at radius 1 is 1.20 bits per heavy atom. The Balaban J connectivity index is 1.95. The summed E-state index contributed by atoms with van der Waals surface area (Å²) in [5, 5.41) is 13.7. The largest absolute Gasteiger partial charge is 0.378 e. The van der Waals surface area contributed by atoms with Crippen molar-refractivity contribution in [3.8, 4) is 0 Å². The third-order valence-electron chi connectivity index (χ3n) is 2.60. The van der Waals surface area contributed by atoms with Crippen LogP contribution in [0.25, 0.3) is 0 Å². The van der Waals surface area contributed by atoms with E-state index in [1.54, 1.807) is 24.3 Å². The minimum absolute atomic E-state index is 0.530. The van der Waals surface area contributed by atoms with Gasteiger partial charge in [0.1, 0.15) is 0 Å². The molecule has 0 heterocycles. The molecule has 2 aromatic carbocycles. The number of nitrogens with one attached hydrogen (secondary N) is 1. The number of nitrogens with zero attached hydrogens (tertiary/aromatic N) is 1. The molecule has 2 N–H and O–H groups in total. The molecule has 0 saturated heterocycles. The third kappa shape index (κ3) is 4.01. The van der Waals surface area contributed by atoms with E-state index >= 15 is 0 Å². The zero-order valence-corrected chi connectivity index (χ0v) is 12.1. The normalized spacial score (nSPS) is 12.3. The molecule has 102 valence electrons. The number of hydrogen-bond acceptors (Lipinski definition) is 3. The van der Waals surface area contributed by atoms with E-state index in [9.17, 15) is 9.90 Å². The minimum atomic E-state index is -1.23. The maximum atomic E-state index is 11.7.